The van der Waals surface area contributed by atoms with E-state index < -0.39 is 0 Å². The van der Waals surface area contributed by atoms with Gasteiger partial charge in [0.1, 0.15) is 10.6 Å². The highest BCUT2D eigenvalue weighted by Crippen LogP contribution is 2.46. The summed E-state index contributed by atoms with van der Waals surface area (Å²) < 4.78 is 5.91. The molecule has 2 aliphatic carbocycles. The summed E-state index contributed by atoms with van der Waals surface area (Å²) in [6, 6.07) is 0. The van der Waals surface area contributed by atoms with Gasteiger partial charge in [0.15, 0.2) is 0 Å². The van der Waals surface area contributed by atoms with E-state index in [1.165, 1.54) is 12.8 Å². The molecule has 106 valence electrons. The fraction of sp³-hybridized carbons (Fsp3) is 0.800. The number of fused-ring (bicyclic) bond motifs is 1. The molecule has 1 aromatic rings. The molecule has 0 spiro atoms. The summed E-state index contributed by atoms with van der Waals surface area (Å²) in [7, 11) is 1.81. The van der Waals surface area contributed by atoms with Crippen molar-refractivity contribution in [3.05, 3.63) is 15.6 Å². The van der Waals surface area contributed by atoms with Crippen LogP contribution in [0.5, 0.6) is 0 Å². The molecule has 3 nitrogen and oxygen atoms in total. The van der Waals surface area contributed by atoms with Crippen LogP contribution in [0.3, 0.4) is 0 Å². The minimum absolute atomic E-state index is 0.195. The summed E-state index contributed by atoms with van der Waals surface area (Å²) >= 11 is 1.69. The van der Waals surface area contributed by atoms with E-state index in [1.807, 2.05) is 7.11 Å². The highest BCUT2D eigenvalue weighted by molar-refractivity contribution is 7.12. The van der Waals surface area contributed by atoms with Gasteiger partial charge in [-0.15, -0.1) is 11.3 Å². The highest BCUT2D eigenvalue weighted by Gasteiger charge is 2.40. The number of thiazole rings is 1. The Morgan fingerprint density at radius 1 is 1.37 bits per heavy atom. The normalized spacial score (nSPS) is 35.1. The molecular formula is C15H23NO2S. The molecule has 19 heavy (non-hydrogen) atoms. The van der Waals surface area contributed by atoms with Crippen molar-refractivity contribution < 1.29 is 9.84 Å². The molecular weight excluding hydrogens is 258 g/mol. The number of ether oxygens (including phenoxy) is 1. The lowest BCUT2D eigenvalue weighted by atomic mass is 9.79. The molecule has 0 bridgehead atoms. The molecule has 0 aromatic carbocycles. The van der Waals surface area contributed by atoms with E-state index in [1.54, 1.807) is 11.3 Å². The standard InChI is InChI=1S/C15H23NO2S/c1-10-5-4-8-15(9-10,18-2)14-16-11-6-3-7-12(17)13(11)19-14/h10,12,17H,3-9H2,1-2H3. The number of rotatable bonds is 2. The van der Waals surface area contributed by atoms with Gasteiger partial charge in [-0.3, -0.25) is 0 Å². The minimum Gasteiger partial charge on any atom is -0.388 e. The van der Waals surface area contributed by atoms with Crippen LogP contribution in [0, 0.1) is 5.92 Å². The van der Waals surface area contributed by atoms with Crippen LogP contribution in [0.15, 0.2) is 0 Å². The van der Waals surface area contributed by atoms with E-state index in [2.05, 4.69) is 6.92 Å². The Labute approximate surface area is 119 Å². The molecule has 2 aliphatic rings. The number of aliphatic hydroxyl groups is 1. The van der Waals surface area contributed by atoms with Gasteiger partial charge < -0.3 is 9.84 Å². The number of nitrogens with zero attached hydrogens (tertiary/aromatic N) is 1. The summed E-state index contributed by atoms with van der Waals surface area (Å²) in [4.78, 5) is 5.93. The number of methoxy groups -OCH3 is 1. The van der Waals surface area contributed by atoms with Crippen molar-refractivity contribution in [3.63, 3.8) is 0 Å². The van der Waals surface area contributed by atoms with Gasteiger partial charge in [-0.25, -0.2) is 4.98 Å². The first kappa shape index (κ1) is 13.5. The number of hydrogen-bond acceptors (Lipinski definition) is 4. The van der Waals surface area contributed by atoms with Gasteiger partial charge >= 0.3 is 0 Å². The van der Waals surface area contributed by atoms with Gasteiger partial charge in [-0.05, 0) is 44.4 Å². The maximum atomic E-state index is 10.1. The molecule has 0 aliphatic heterocycles. The third kappa shape index (κ3) is 2.34. The van der Waals surface area contributed by atoms with Gasteiger partial charge in [0.25, 0.3) is 0 Å². The van der Waals surface area contributed by atoms with Crippen LogP contribution < -0.4 is 0 Å². The van der Waals surface area contributed by atoms with Gasteiger partial charge in [-0.2, -0.15) is 0 Å². The number of hydrogen-bond donors (Lipinski definition) is 1. The molecule has 3 atom stereocenters. The Kier molecular flexibility index (Phi) is 3.67. The smallest absolute Gasteiger partial charge is 0.125 e. The summed E-state index contributed by atoms with van der Waals surface area (Å²) in [6.45, 7) is 2.30. The maximum absolute atomic E-state index is 10.1. The van der Waals surface area contributed by atoms with Gasteiger partial charge in [0, 0.05) is 7.11 Å². The summed E-state index contributed by atoms with van der Waals surface area (Å²) in [5.41, 5.74) is 0.924. The molecule has 0 saturated heterocycles. The lowest BCUT2D eigenvalue weighted by molar-refractivity contribution is -0.0581. The summed E-state index contributed by atoms with van der Waals surface area (Å²) in [5, 5.41) is 11.2. The molecule has 1 N–H and O–H groups in total. The van der Waals surface area contributed by atoms with Crippen molar-refractivity contribution in [1.29, 1.82) is 0 Å². The third-order valence-corrected chi connectivity index (χ3v) is 6.04. The van der Waals surface area contributed by atoms with Crippen molar-refractivity contribution in [3.8, 4) is 0 Å². The average molecular weight is 281 g/mol. The lowest BCUT2D eigenvalue weighted by Crippen LogP contribution is -2.34. The Balaban J connectivity index is 1.95. The second-order valence-corrected chi connectivity index (χ2v) is 7.17. The zero-order valence-electron chi connectivity index (χ0n) is 11.8. The third-order valence-electron chi connectivity index (χ3n) is 4.66. The van der Waals surface area contributed by atoms with E-state index in [0.717, 1.165) is 47.7 Å². The first-order valence-electron chi connectivity index (χ1n) is 7.38. The van der Waals surface area contributed by atoms with Crippen LogP contribution in [0.25, 0.3) is 0 Å². The number of aliphatic hydroxyl groups excluding tert-OH is 1. The fourth-order valence-electron chi connectivity index (χ4n) is 3.56. The quantitative estimate of drug-likeness (QED) is 0.901. The van der Waals surface area contributed by atoms with Crippen molar-refractivity contribution >= 4 is 11.3 Å². The second kappa shape index (κ2) is 5.15. The van der Waals surface area contributed by atoms with Crippen LogP contribution in [0.1, 0.15) is 67.1 Å². The molecule has 1 fully saturated rings. The number of aryl methyl sites for hydroxylation is 1. The van der Waals surface area contributed by atoms with Crippen LogP contribution in [0.2, 0.25) is 0 Å². The van der Waals surface area contributed by atoms with E-state index in [9.17, 15) is 5.11 Å². The molecule has 1 aromatic heterocycles. The van der Waals surface area contributed by atoms with Gasteiger partial charge in [-0.1, -0.05) is 13.3 Å². The molecule has 4 heteroatoms. The Morgan fingerprint density at radius 2 is 2.21 bits per heavy atom. The molecule has 3 rings (SSSR count). The highest BCUT2D eigenvalue weighted by atomic mass is 32.1. The first-order valence-corrected chi connectivity index (χ1v) is 8.19. The van der Waals surface area contributed by atoms with Gasteiger partial charge in [0.2, 0.25) is 0 Å². The van der Waals surface area contributed by atoms with E-state index >= 15 is 0 Å². The summed E-state index contributed by atoms with van der Waals surface area (Å²) in [6.07, 6.45) is 7.27. The predicted molar refractivity (Wildman–Crippen MR) is 76.3 cm³/mol. The number of aromatic nitrogens is 1. The van der Waals surface area contributed by atoms with E-state index in [0.29, 0.717) is 5.92 Å². The van der Waals surface area contributed by atoms with E-state index in [-0.39, 0.29) is 11.7 Å². The van der Waals surface area contributed by atoms with Gasteiger partial charge in [0.05, 0.1) is 16.7 Å². The molecule has 0 amide bonds. The summed E-state index contributed by atoms with van der Waals surface area (Å²) in [5.74, 6) is 0.694. The molecule has 1 heterocycles. The molecule has 1 saturated carbocycles. The van der Waals surface area contributed by atoms with E-state index in [4.69, 9.17) is 9.72 Å². The predicted octanol–water partition coefficient (Wildman–Crippen LogP) is 3.56. The van der Waals surface area contributed by atoms with Crippen molar-refractivity contribution in [2.24, 2.45) is 5.92 Å². The monoisotopic (exact) mass is 281 g/mol. The largest absolute Gasteiger partial charge is 0.388 e. The van der Waals surface area contributed by atoms with Crippen molar-refractivity contribution in [2.45, 2.75) is 63.6 Å². The fourth-order valence-corrected chi connectivity index (χ4v) is 4.90. The van der Waals surface area contributed by atoms with Crippen LogP contribution in [-0.2, 0) is 16.8 Å². The Bertz CT molecular complexity index is 459. The van der Waals surface area contributed by atoms with Crippen LogP contribution >= 0.6 is 11.3 Å². The first-order chi connectivity index (χ1) is 9.14. The average Bonchev–Trinajstić information content (AvgIpc) is 2.84. The van der Waals surface area contributed by atoms with Crippen LogP contribution in [0.4, 0.5) is 0 Å². The van der Waals surface area contributed by atoms with Crippen LogP contribution in [-0.4, -0.2) is 17.2 Å². The maximum Gasteiger partial charge on any atom is 0.125 e. The zero-order valence-corrected chi connectivity index (χ0v) is 12.6. The second-order valence-electron chi connectivity index (χ2n) is 6.14. The SMILES string of the molecule is COC1(c2nc3c(s2)C(O)CCC3)CCCC(C)C1. The lowest BCUT2D eigenvalue weighted by Gasteiger charge is -2.37. The minimum atomic E-state index is -0.301. The topological polar surface area (TPSA) is 42.4 Å². The Morgan fingerprint density at radius 3 is 2.89 bits per heavy atom. The molecule has 3 unspecified atom stereocenters. The van der Waals surface area contributed by atoms with Crippen molar-refractivity contribution in [2.75, 3.05) is 7.11 Å². The molecule has 0 radical (unpaired) electrons. The Hall–Kier alpha value is -0.450. The van der Waals surface area contributed by atoms with Crippen molar-refractivity contribution in [1.82, 2.24) is 4.98 Å². The zero-order chi connectivity index (χ0) is 13.5.